The summed E-state index contributed by atoms with van der Waals surface area (Å²) >= 11 is 0. The molecule has 0 aliphatic carbocycles. The quantitative estimate of drug-likeness (QED) is 0.662. The van der Waals surface area contributed by atoms with Crippen LogP contribution in [0.1, 0.15) is 33.3 Å². The first-order valence-electron chi connectivity index (χ1n) is 10.1. The standard InChI is InChI=1S/C24H32N2O5/c1-17(23(28)25-24(2,3)4)26(15-18-7-9-19(29-5)10-8-18)22(27)16-31-21-13-11-20(30-6)12-14-21/h7-14,17H,15-16H2,1-6H3,(H,25,28)/t17-/m0/s1. The summed E-state index contributed by atoms with van der Waals surface area (Å²) in [5.74, 6) is 1.46. The molecule has 1 N–H and O–H groups in total. The van der Waals surface area contributed by atoms with Crippen molar-refractivity contribution in [1.29, 1.82) is 0 Å². The van der Waals surface area contributed by atoms with Gasteiger partial charge in [0.2, 0.25) is 5.91 Å². The van der Waals surface area contributed by atoms with Crippen LogP contribution in [0.2, 0.25) is 0 Å². The van der Waals surface area contributed by atoms with E-state index in [9.17, 15) is 9.59 Å². The highest BCUT2D eigenvalue weighted by molar-refractivity contribution is 5.88. The van der Waals surface area contributed by atoms with Gasteiger partial charge in [-0.3, -0.25) is 9.59 Å². The first-order valence-corrected chi connectivity index (χ1v) is 10.1. The highest BCUT2D eigenvalue weighted by Crippen LogP contribution is 2.18. The van der Waals surface area contributed by atoms with Crippen LogP contribution in [-0.2, 0) is 16.1 Å². The van der Waals surface area contributed by atoms with Crippen LogP contribution in [0.3, 0.4) is 0 Å². The van der Waals surface area contributed by atoms with Crippen molar-refractivity contribution in [2.45, 2.75) is 45.8 Å². The normalized spacial score (nSPS) is 11.9. The third-order valence-corrected chi connectivity index (χ3v) is 4.60. The number of carbonyl (C=O) groups is 2. The minimum absolute atomic E-state index is 0.185. The molecule has 2 aromatic carbocycles. The van der Waals surface area contributed by atoms with E-state index in [0.717, 1.165) is 11.3 Å². The number of ether oxygens (including phenoxy) is 3. The van der Waals surface area contributed by atoms with E-state index in [-0.39, 0.29) is 25.0 Å². The molecule has 0 heterocycles. The maximum absolute atomic E-state index is 13.1. The largest absolute Gasteiger partial charge is 0.497 e. The Balaban J connectivity index is 2.15. The van der Waals surface area contributed by atoms with Crippen molar-refractivity contribution in [3.8, 4) is 17.2 Å². The molecule has 0 saturated heterocycles. The SMILES string of the molecule is COc1ccc(CN(C(=O)COc2ccc(OC)cc2)[C@@H](C)C(=O)NC(C)(C)C)cc1. The Kier molecular flexibility index (Phi) is 8.30. The predicted molar refractivity (Wildman–Crippen MR) is 119 cm³/mol. The summed E-state index contributed by atoms with van der Waals surface area (Å²) in [6.07, 6.45) is 0. The van der Waals surface area contributed by atoms with E-state index in [1.165, 1.54) is 4.90 Å². The van der Waals surface area contributed by atoms with Gasteiger partial charge in [0.25, 0.3) is 5.91 Å². The lowest BCUT2D eigenvalue weighted by molar-refractivity contribution is -0.142. The van der Waals surface area contributed by atoms with Crippen LogP contribution in [0.15, 0.2) is 48.5 Å². The van der Waals surface area contributed by atoms with Crippen molar-refractivity contribution in [3.63, 3.8) is 0 Å². The molecule has 0 saturated carbocycles. The number of benzene rings is 2. The van der Waals surface area contributed by atoms with Crippen LogP contribution in [0.25, 0.3) is 0 Å². The van der Waals surface area contributed by atoms with Crippen LogP contribution in [0.4, 0.5) is 0 Å². The Labute approximate surface area is 184 Å². The maximum Gasteiger partial charge on any atom is 0.261 e. The van der Waals surface area contributed by atoms with E-state index in [4.69, 9.17) is 14.2 Å². The van der Waals surface area contributed by atoms with Gasteiger partial charge in [-0.05, 0) is 69.7 Å². The Morgan fingerprint density at radius 2 is 1.39 bits per heavy atom. The van der Waals surface area contributed by atoms with Crippen LogP contribution in [0, 0.1) is 0 Å². The smallest absolute Gasteiger partial charge is 0.261 e. The van der Waals surface area contributed by atoms with Crippen molar-refractivity contribution in [3.05, 3.63) is 54.1 Å². The average molecular weight is 429 g/mol. The summed E-state index contributed by atoms with van der Waals surface area (Å²) in [5, 5.41) is 2.94. The molecule has 0 radical (unpaired) electrons. The molecule has 0 bridgehead atoms. The zero-order chi connectivity index (χ0) is 23.0. The molecule has 2 rings (SSSR count). The van der Waals surface area contributed by atoms with Gasteiger partial charge in [-0.15, -0.1) is 0 Å². The summed E-state index contributed by atoms with van der Waals surface area (Å²) in [6.45, 7) is 7.51. The number of rotatable bonds is 9. The summed E-state index contributed by atoms with van der Waals surface area (Å²) in [4.78, 5) is 27.3. The lowest BCUT2D eigenvalue weighted by atomic mass is 10.1. The van der Waals surface area contributed by atoms with Gasteiger partial charge in [0.1, 0.15) is 23.3 Å². The monoisotopic (exact) mass is 428 g/mol. The molecule has 168 valence electrons. The molecular formula is C24H32N2O5. The van der Waals surface area contributed by atoms with Crippen molar-refractivity contribution in [2.24, 2.45) is 0 Å². The third kappa shape index (κ3) is 7.51. The maximum atomic E-state index is 13.1. The molecule has 1 atom stereocenters. The third-order valence-electron chi connectivity index (χ3n) is 4.60. The molecule has 2 aromatic rings. The second kappa shape index (κ2) is 10.7. The fourth-order valence-corrected chi connectivity index (χ4v) is 2.88. The van der Waals surface area contributed by atoms with Crippen molar-refractivity contribution in [2.75, 3.05) is 20.8 Å². The second-order valence-electron chi connectivity index (χ2n) is 8.25. The van der Waals surface area contributed by atoms with Gasteiger partial charge in [0.15, 0.2) is 6.61 Å². The molecule has 0 aliphatic rings. The lowest BCUT2D eigenvalue weighted by Gasteiger charge is -2.31. The van der Waals surface area contributed by atoms with Crippen molar-refractivity contribution < 1.29 is 23.8 Å². The van der Waals surface area contributed by atoms with Gasteiger partial charge in [0.05, 0.1) is 14.2 Å². The van der Waals surface area contributed by atoms with Crippen LogP contribution in [0.5, 0.6) is 17.2 Å². The predicted octanol–water partition coefficient (Wildman–Crippen LogP) is 3.41. The number of methoxy groups -OCH3 is 2. The van der Waals surface area contributed by atoms with Gasteiger partial charge in [-0.25, -0.2) is 0 Å². The average Bonchev–Trinajstić information content (AvgIpc) is 2.75. The Bertz CT molecular complexity index is 857. The zero-order valence-corrected chi connectivity index (χ0v) is 19.1. The molecule has 7 nitrogen and oxygen atoms in total. The van der Waals surface area contributed by atoms with E-state index < -0.39 is 11.6 Å². The van der Waals surface area contributed by atoms with E-state index in [2.05, 4.69) is 5.32 Å². The summed E-state index contributed by atoms with van der Waals surface area (Å²) in [7, 11) is 3.18. The first-order chi connectivity index (χ1) is 14.6. The molecule has 0 unspecified atom stereocenters. The second-order valence-corrected chi connectivity index (χ2v) is 8.25. The highest BCUT2D eigenvalue weighted by atomic mass is 16.5. The summed E-state index contributed by atoms with van der Waals surface area (Å²) in [6, 6.07) is 13.7. The summed E-state index contributed by atoms with van der Waals surface area (Å²) < 4.78 is 16.0. The lowest BCUT2D eigenvalue weighted by Crippen LogP contribution is -2.53. The number of hydrogen-bond donors (Lipinski definition) is 1. The molecule has 0 fully saturated rings. The summed E-state index contributed by atoms with van der Waals surface area (Å²) in [5.41, 5.74) is 0.480. The molecule has 2 amide bonds. The molecule has 7 heteroatoms. The molecule has 0 aliphatic heterocycles. The number of amides is 2. The van der Waals surface area contributed by atoms with Gasteiger partial charge in [-0.2, -0.15) is 0 Å². The number of nitrogens with zero attached hydrogens (tertiary/aromatic N) is 1. The minimum Gasteiger partial charge on any atom is -0.497 e. The van der Waals surface area contributed by atoms with Crippen molar-refractivity contribution >= 4 is 11.8 Å². The Morgan fingerprint density at radius 3 is 1.87 bits per heavy atom. The Morgan fingerprint density at radius 1 is 0.903 bits per heavy atom. The van der Waals surface area contributed by atoms with E-state index >= 15 is 0 Å². The van der Waals surface area contributed by atoms with Gasteiger partial charge < -0.3 is 24.4 Å². The molecule has 0 spiro atoms. The molecular weight excluding hydrogens is 396 g/mol. The van der Waals surface area contributed by atoms with Crippen LogP contribution >= 0.6 is 0 Å². The van der Waals surface area contributed by atoms with Crippen LogP contribution in [-0.4, -0.2) is 49.1 Å². The van der Waals surface area contributed by atoms with Gasteiger partial charge >= 0.3 is 0 Å². The molecule has 31 heavy (non-hydrogen) atoms. The van der Waals surface area contributed by atoms with E-state index in [0.29, 0.717) is 11.5 Å². The van der Waals surface area contributed by atoms with E-state index in [1.807, 2.05) is 45.0 Å². The number of hydrogen-bond acceptors (Lipinski definition) is 5. The zero-order valence-electron chi connectivity index (χ0n) is 19.1. The minimum atomic E-state index is -0.673. The number of carbonyl (C=O) groups excluding carboxylic acids is 2. The Hall–Kier alpha value is -3.22. The van der Waals surface area contributed by atoms with Gasteiger partial charge in [-0.1, -0.05) is 12.1 Å². The van der Waals surface area contributed by atoms with Crippen LogP contribution < -0.4 is 19.5 Å². The molecule has 0 aromatic heterocycles. The topological polar surface area (TPSA) is 77.1 Å². The first kappa shape index (κ1) is 24.1. The van der Waals surface area contributed by atoms with E-state index in [1.54, 1.807) is 45.4 Å². The van der Waals surface area contributed by atoms with Gasteiger partial charge in [0, 0.05) is 12.1 Å². The van der Waals surface area contributed by atoms with Crippen molar-refractivity contribution in [1.82, 2.24) is 10.2 Å². The highest BCUT2D eigenvalue weighted by Gasteiger charge is 2.28. The fraction of sp³-hybridized carbons (Fsp3) is 0.417. The fourth-order valence-electron chi connectivity index (χ4n) is 2.88. The number of nitrogens with one attached hydrogen (secondary N) is 1.